The van der Waals surface area contributed by atoms with Crippen molar-refractivity contribution in [3.8, 4) is 0 Å². The van der Waals surface area contributed by atoms with Crippen LogP contribution in [0.25, 0.3) is 0 Å². The summed E-state index contributed by atoms with van der Waals surface area (Å²) in [4.78, 5) is 11.2. The van der Waals surface area contributed by atoms with Crippen LogP contribution in [0, 0.1) is 0 Å². The molecule has 0 N–H and O–H groups in total. The van der Waals surface area contributed by atoms with Crippen molar-refractivity contribution in [1.29, 1.82) is 0 Å². The molecular formula is C10H18O. The van der Waals surface area contributed by atoms with E-state index in [-0.39, 0.29) is 0 Å². The van der Waals surface area contributed by atoms with Crippen molar-refractivity contribution in [1.82, 2.24) is 0 Å². The summed E-state index contributed by atoms with van der Waals surface area (Å²) in [6.07, 6.45) is 6.00. The van der Waals surface area contributed by atoms with E-state index in [1.807, 2.05) is 19.9 Å². The maximum Gasteiger partial charge on any atom is 0.158 e. The highest BCUT2D eigenvalue weighted by molar-refractivity contribution is 5.94. The van der Waals surface area contributed by atoms with Crippen LogP contribution in [-0.2, 0) is 4.79 Å². The van der Waals surface area contributed by atoms with E-state index < -0.39 is 0 Å². The third kappa shape index (κ3) is 4.77. The van der Waals surface area contributed by atoms with Gasteiger partial charge in [0.25, 0.3) is 0 Å². The third-order valence-corrected chi connectivity index (χ3v) is 1.88. The van der Waals surface area contributed by atoms with Crippen molar-refractivity contribution in [2.45, 2.75) is 46.5 Å². The van der Waals surface area contributed by atoms with Gasteiger partial charge in [-0.05, 0) is 25.8 Å². The van der Waals surface area contributed by atoms with Gasteiger partial charge in [0.2, 0.25) is 0 Å². The first-order valence-electron chi connectivity index (χ1n) is 4.38. The van der Waals surface area contributed by atoms with Crippen LogP contribution in [0.1, 0.15) is 46.5 Å². The molecule has 0 amide bonds. The van der Waals surface area contributed by atoms with Crippen molar-refractivity contribution in [3.05, 3.63) is 11.6 Å². The van der Waals surface area contributed by atoms with E-state index in [1.165, 1.54) is 12.8 Å². The van der Waals surface area contributed by atoms with E-state index in [9.17, 15) is 4.79 Å². The second-order valence-electron chi connectivity index (χ2n) is 2.85. The van der Waals surface area contributed by atoms with Gasteiger partial charge < -0.3 is 0 Å². The number of allylic oxidation sites excluding steroid dienone is 2. The Morgan fingerprint density at radius 3 is 2.45 bits per heavy atom. The number of ketones is 1. The molecule has 0 saturated carbocycles. The lowest BCUT2D eigenvalue weighted by atomic mass is 10.1. The molecule has 0 aromatic heterocycles. The molecule has 0 spiro atoms. The Kier molecular flexibility index (Phi) is 5.81. The molecule has 0 bridgehead atoms. The summed E-state index contributed by atoms with van der Waals surface area (Å²) in [5.74, 6) is 0.306. The molecule has 0 unspecified atom stereocenters. The van der Waals surface area contributed by atoms with Crippen molar-refractivity contribution in [2.75, 3.05) is 0 Å². The minimum atomic E-state index is 0.306. The molecule has 11 heavy (non-hydrogen) atoms. The number of hydrogen-bond donors (Lipinski definition) is 0. The summed E-state index contributed by atoms with van der Waals surface area (Å²) in [6, 6.07) is 0. The Morgan fingerprint density at radius 2 is 2.00 bits per heavy atom. The van der Waals surface area contributed by atoms with E-state index in [0.717, 1.165) is 18.4 Å². The monoisotopic (exact) mass is 154 g/mol. The molecule has 64 valence electrons. The predicted octanol–water partition coefficient (Wildman–Crippen LogP) is 3.10. The van der Waals surface area contributed by atoms with Crippen LogP contribution in [-0.4, -0.2) is 5.78 Å². The third-order valence-electron chi connectivity index (χ3n) is 1.88. The van der Waals surface area contributed by atoms with Crippen LogP contribution in [0.15, 0.2) is 11.6 Å². The Morgan fingerprint density at radius 1 is 1.36 bits per heavy atom. The highest BCUT2D eigenvalue weighted by Crippen LogP contribution is 2.05. The second-order valence-corrected chi connectivity index (χ2v) is 2.85. The number of unbranched alkanes of at least 4 members (excludes halogenated alkanes) is 2. The van der Waals surface area contributed by atoms with Gasteiger partial charge in [0, 0.05) is 6.42 Å². The van der Waals surface area contributed by atoms with Crippen molar-refractivity contribution < 1.29 is 4.79 Å². The normalized spacial score (nSPS) is 11.7. The first kappa shape index (κ1) is 10.4. The first-order valence-corrected chi connectivity index (χ1v) is 4.38. The zero-order valence-electron chi connectivity index (χ0n) is 7.81. The van der Waals surface area contributed by atoms with E-state index in [1.54, 1.807) is 0 Å². The summed E-state index contributed by atoms with van der Waals surface area (Å²) < 4.78 is 0. The highest BCUT2D eigenvalue weighted by atomic mass is 16.1. The molecule has 0 heterocycles. The van der Waals surface area contributed by atoms with Gasteiger partial charge in [0.1, 0.15) is 0 Å². The zero-order chi connectivity index (χ0) is 8.69. The first-order chi connectivity index (χ1) is 5.22. The Bertz CT molecular complexity index is 145. The van der Waals surface area contributed by atoms with E-state index in [4.69, 9.17) is 0 Å². The van der Waals surface area contributed by atoms with Gasteiger partial charge in [0.05, 0.1) is 0 Å². The van der Waals surface area contributed by atoms with E-state index in [2.05, 4.69) is 6.92 Å². The summed E-state index contributed by atoms with van der Waals surface area (Å²) in [5.41, 5.74) is 0.904. The van der Waals surface area contributed by atoms with E-state index >= 15 is 0 Å². The van der Waals surface area contributed by atoms with Crippen LogP contribution >= 0.6 is 0 Å². The summed E-state index contributed by atoms with van der Waals surface area (Å²) >= 11 is 0. The Hall–Kier alpha value is -0.590. The lowest BCUT2D eigenvalue weighted by molar-refractivity contribution is -0.115. The van der Waals surface area contributed by atoms with Gasteiger partial charge in [-0.15, -0.1) is 0 Å². The van der Waals surface area contributed by atoms with Gasteiger partial charge in [-0.1, -0.05) is 25.8 Å². The lowest BCUT2D eigenvalue weighted by Gasteiger charge is -1.98. The van der Waals surface area contributed by atoms with Gasteiger partial charge in [-0.25, -0.2) is 0 Å². The molecule has 0 rings (SSSR count). The predicted molar refractivity (Wildman–Crippen MR) is 48.6 cm³/mol. The fourth-order valence-electron chi connectivity index (χ4n) is 0.894. The molecule has 0 aliphatic rings. The Labute approximate surface area is 69.5 Å². The Balaban J connectivity index is 3.53. The molecular weight excluding hydrogens is 136 g/mol. The molecule has 0 aromatic carbocycles. The van der Waals surface area contributed by atoms with Gasteiger partial charge in [-0.3, -0.25) is 4.79 Å². The standard InChI is InChI=1S/C10H18O/c1-4-6-7-8-10(11)9(3)5-2/h5H,4,6-8H2,1-3H3. The van der Waals surface area contributed by atoms with Crippen LogP contribution in [0.4, 0.5) is 0 Å². The molecule has 0 aromatic rings. The topological polar surface area (TPSA) is 17.1 Å². The number of carbonyl (C=O) groups is 1. The van der Waals surface area contributed by atoms with Crippen molar-refractivity contribution >= 4 is 5.78 Å². The molecule has 0 aliphatic carbocycles. The number of rotatable bonds is 5. The fraction of sp³-hybridized carbons (Fsp3) is 0.700. The summed E-state index contributed by atoms with van der Waals surface area (Å²) in [7, 11) is 0. The average molecular weight is 154 g/mol. The van der Waals surface area contributed by atoms with Crippen LogP contribution in [0.5, 0.6) is 0 Å². The van der Waals surface area contributed by atoms with Crippen LogP contribution in [0.3, 0.4) is 0 Å². The van der Waals surface area contributed by atoms with E-state index in [0.29, 0.717) is 5.78 Å². The van der Waals surface area contributed by atoms with Crippen molar-refractivity contribution in [3.63, 3.8) is 0 Å². The molecule has 0 atom stereocenters. The maximum absolute atomic E-state index is 11.2. The van der Waals surface area contributed by atoms with Crippen LogP contribution in [0.2, 0.25) is 0 Å². The largest absolute Gasteiger partial charge is 0.295 e. The number of carbonyl (C=O) groups excluding carboxylic acids is 1. The SMILES string of the molecule is CC=C(C)C(=O)CCCCC. The molecule has 0 saturated heterocycles. The van der Waals surface area contributed by atoms with Crippen LogP contribution < -0.4 is 0 Å². The highest BCUT2D eigenvalue weighted by Gasteiger charge is 2.01. The summed E-state index contributed by atoms with van der Waals surface area (Å²) in [5, 5.41) is 0. The zero-order valence-corrected chi connectivity index (χ0v) is 7.81. The summed E-state index contributed by atoms with van der Waals surface area (Å²) in [6.45, 7) is 5.94. The fourth-order valence-corrected chi connectivity index (χ4v) is 0.894. The van der Waals surface area contributed by atoms with Gasteiger partial charge in [-0.2, -0.15) is 0 Å². The molecule has 0 radical (unpaired) electrons. The lowest BCUT2D eigenvalue weighted by Crippen LogP contribution is -1.98. The van der Waals surface area contributed by atoms with Crippen molar-refractivity contribution in [2.24, 2.45) is 0 Å². The van der Waals surface area contributed by atoms with Gasteiger partial charge in [0.15, 0.2) is 5.78 Å². The average Bonchev–Trinajstić information content (AvgIpc) is 2.03. The molecule has 0 aliphatic heterocycles. The second kappa shape index (κ2) is 6.14. The molecule has 1 nitrogen and oxygen atoms in total. The number of hydrogen-bond acceptors (Lipinski definition) is 1. The molecule has 0 fully saturated rings. The minimum absolute atomic E-state index is 0.306. The minimum Gasteiger partial charge on any atom is -0.295 e. The smallest absolute Gasteiger partial charge is 0.158 e. The quantitative estimate of drug-likeness (QED) is 0.439. The van der Waals surface area contributed by atoms with Gasteiger partial charge >= 0.3 is 0 Å². The maximum atomic E-state index is 11.2. The number of Topliss-reactive ketones (excluding diaryl/α,β-unsaturated/α-hetero) is 1. The molecule has 1 heteroatoms.